The van der Waals surface area contributed by atoms with Crippen LogP contribution in [0.25, 0.3) is 11.1 Å². The van der Waals surface area contributed by atoms with Crippen molar-refractivity contribution in [1.82, 2.24) is 0 Å². The van der Waals surface area contributed by atoms with Gasteiger partial charge in [0.15, 0.2) is 0 Å². The van der Waals surface area contributed by atoms with Crippen molar-refractivity contribution in [2.75, 3.05) is 0 Å². The lowest BCUT2D eigenvalue weighted by molar-refractivity contribution is 0.713. The SMILES string of the molecule is CCCCCc1c(Br)ccc2c1C(Br)(Br)c1cc(Br)ccc1-2. The highest BCUT2D eigenvalue weighted by Gasteiger charge is 2.41. The van der Waals surface area contributed by atoms with Gasteiger partial charge in [-0.25, -0.2) is 0 Å². The average Bonchev–Trinajstić information content (AvgIpc) is 2.70. The molecule has 2 aromatic rings. The van der Waals surface area contributed by atoms with Gasteiger partial charge in [0.25, 0.3) is 0 Å². The van der Waals surface area contributed by atoms with Crippen molar-refractivity contribution < 1.29 is 0 Å². The third-order valence-electron chi connectivity index (χ3n) is 4.21. The molecule has 0 N–H and O–H groups in total. The average molecular weight is 552 g/mol. The molecule has 1 aliphatic rings. The second-order valence-electron chi connectivity index (χ2n) is 5.67. The van der Waals surface area contributed by atoms with Crippen LogP contribution in [0.4, 0.5) is 0 Å². The normalized spacial score (nSPS) is 14.8. The summed E-state index contributed by atoms with van der Waals surface area (Å²) in [7, 11) is 0. The second-order valence-corrected chi connectivity index (χ2v) is 10.9. The zero-order valence-electron chi connectivity index (χ0n) is 12.2. The first-order chi connectivity index (χ1) is 10.5. The quantitative estimate of drug-likeness (QED) is 0.267. The Kier molecular flexibility index (Phi) is 5.23. The van der Waals surface area contributed by atoms with Crippen molar-refractivity contribution in [2.24, 2.45) is 0 Å². The molecule has 0 spiro atoms. The molecule has 0 bridgehead atoms. The van der Waals surface area contributed by atoms with Crippen molar-refractivity contribution in [3.05, 3.63) is 56.0 Å². The molecule has 1 aliphatic carbocycles. The van der Waals surface area contributed by atoms with E-state index in [-0.39, 0.29) is 3.23 Å². The number of benzene rings is 2. The summed E-state index contributed by atoms with van der Waals surface area (Å²) < 4.78 is 2.01. The Morgan fingerprint density at radius 1 is 0.955 bits per heavy atom. The van der Waals surface area contributed by atoms with E-state index in [2.05, 4.69) is 101 Å². The summed E-state index contributed by atoms with van der Waals surface area (Å²) in [5.74, 6) is 0. The van der Waals surface area contributed by atoms with Crippen molar-refractivity contribution >= 4 is 63.7 Å². The summed E-state index contributed by atoms with van der Waals surface area (Å²) >= 11 is 15.2. The smallest absolute Gasteiger partial charge is 0.0654 e. The topological polar surface area (TPSA) is 0 Å². The van der Waals surface area contributed by atoms with Crippen molar-refractivity contribution in [3.63, 3.8) is 0 Å². The molecule has 2 aromatic carbocycles. The molecule has 0 atom stereocenters. The fraction of sp³-hybridized carbons (Fsp3) is 0.333. The number of hydrogen-bond acceptors (Lipinski definition) is 0. The Bertz CT molecular complexity index is 719. The molecule has 0 aromatic heterocycles. The van der Waals surface area contributed by atoms with Gasteiger partial charge in [0.05, 0.1) is 0 Å². The summed E-state index contributed by atoms with van der Waals surface area (Å²) in [6, 6.07) is 10.9. The first-order valence-corrected chi connectivity index (χ1v) is 10.6. The zero-order chi connectivity index (χ0) is 15.9. The van der Waals surface area contributed by atoms with Crippen LogP contribution in [0.1, 0.15) is 42.9 Å². The molecular formula is C18H16Br4. The predicted molar refractivity (Wildman–Crippen MR) is 109 cm³/mol. The van der Waals surface area contributed by atoms with E-state index in [9.17, 15) is 0 Å². The molecule has 0 radical (unpaired) electrons. The maximum Gasteiger partial charge on any atom is 0.132 e. The summed E-state index contributed by atoms with van der Waals surface area (Å²) in [4.78, 5) is 0. The molecule has 0 amide bonds. The fourth-order valence-corrected chi connectivity index (χ4v) is 5.60. The molecular weight excluding hydrogens is 536 g/mol. The molecule has 0 heterocycles. The largest absolute Gasteiger partial charge is 0.132 e. The molecule has 4 heteroatoms. The minimum atomic E-state index is -0.306. The third kappa shape index (κ3) is 2.89. The van der Waals surface area contributed by atoms with Crippen LogP contribution in [0.2, 0.25) is 0 Å². The van der Waals surface area contributed by atoms with E-state index in [4.69, 9.17) is 0 Å². The van der Waals surface area contributed by atoms with E-state index in [1.807, 2.05) is 0 Å². The molecule has 0 unspecified atom stereocenters. The zero-order valence-corrected chi connectivity index (χ0v) is 18.6. The van der Waals surface area contributed by atoms with Crippen molar-refractivity contribution in [2.45, 2.75) is 35.8 Å². The number of hydrogen-bond donors (Lipinski definition) is 0. The Hall–Kier alpha value is 0.360. The number of fused-ring (bicyclic) bond motifs is 3. The van der Waals surface area contributed by atoms with E-state index in [0.717, 1.165) is 10.9 Å². The summed E-state index contributed by atoms with van der Waals surface area (Å²) in [6.07, 6.45) is 4.84. The Labute approximate surface area is 165 Å². The first-order valence-electron chi connectivity index (χ1n) is 7.47. The van der Waals surface area contributed by atoms with E-state index in [0.29, 0.717) is 0 Å². The summed E-state index contributed by atoms with van der Waals surface area (Å²) in [5.41, 5.74) is 6.66. The van der Waals surface area contributed by atoms with Gasteiger partial charge in [-0.15, -0.1) is 0 Å². The van der Waals surface area contributed by atoms with E-state index in [1.165, 1.54) is 51.6 Å². The maximum absolute atomic E-state index is 3.94. The van der Waals surface area contributed by atoms with Gasteiger partial charge in [0.2, 0.25) is 0 Å². The van der Waals surface area contributed by atoms with Crippen LogP contribution < -0.4 is 0 Å². The van der Waals surface area contributed by atoms with Gasteiger partial charge in [0, 0.05) is 8.95 Å². The standard InChI is InChI=1S/C18H16Br4/c1-2-3-4-5-14-16(20)9-8-13-12-7-6-11(19)10-15(12)18(21,22)17(13)14/h6-10H,2-5H2,1H3. The van der Waals surface area contributed by atoms with Gasteiger partial charge in [-0.3, -0.25) is 0 Å². The summed E-state index contributed by atoms with van der Waals surface area (Å²) in [5, 5.41) is 0. The molecule has 116 valence electrons. The van der Waals surface area contributed by atoms with E-state index < -0.39 is 0 Å². The Morgan fingerprint density at radius 2 is 1.68 bits per heavy atom. The van der Waals surface area contributed by atoms with Gasteiger partial charge in [-0.05, 0) is 58.9 Å². The molecule has 0 aliphatic heterocycles. The van der Waals surface area contributed by atoms with Gasteiger partial charge >= 0.3 is 0 Å². The van der Waals surface area contributed by atoms with Crippen LogP contribution in [-0.4, -0.2) is 0 Å². The fourth-order valence-electron chi connectivity index (χ4n) is 3.15. The van der Waals surface area contributed by atoms with Gasteiger partial charge in [-0.2, -0.15) is 0 Å². The van der Waals surface area contributed by atoms with Crippen LogP contribution in [-0.2, 0) is 9.65 Å². The van der Waals surface area contributed by atoms with Gasteiger partial charge < -0.3 is 0 Å². The third-order valence-corrected chi connectivity index (χ3v) is 7.09. The van der Waals surface area contributed by atoms with Crippen LogP contribution in [0.5, 0.6) is 0 Å². The molecule has 0 saturated heterocycles. The minimum absolute atomic E-state index is 0.306. The van der Waals surface area contributed by atoms with Crippen LogP contribution in [0, 0.1) is 0 Å². The second kappa shape index (κ2) is 6.70. The van der Waals surface area contributed by atoms with Crippen LogP contribution in [0.3, 0.4) is 0 Å². The highest BCUT2D eigenvalue weighted by Crippen LogP contribution is 2.58. The van der Waals surface area contributed by atoms with E-state index in [1.54, 1.807) is 0 Å². The monoisotopic (exact) mass is 548 g/mol. The molecule has 0 fully saturated rings. The lowest BCUT2D eigenvalue weighted by atomic mass is 9.97. The minimum Gasteiger partial charge on any atom is -0.0654 e. The highest BCUT2D eigenvalue weighted by atomic mass is 79.9. The Balaban J connectivity index is 2.16. The maximum atomic E-state index is 3.94. The predicted octanol–water partition coefficient (Wildman–Crippen LogP) is 7.92. The number of halogens is 4. The number of alkyl halides is 2. The lowest BCUT2D eigenvalue weighted by Crippen LogP contribution is -2.10. The van der Waals surface area contributed by atoms with Crippen LogP contribution >= 0.6 is 63.7 Å². The Morgan fingerprint density at radius 3 is 2.41 bits per heavy atom. The summed E-state index contributed by atoms with van der Waals surface area (Å²) in [6.45, 7) is 2.25. The number of rotatable bonds is 4. The van der Waals surface area contributed by atoms with Crippen molar-refractivity contribution in [3.8, 4) is 11.1 Å². The first kappa shape index (κ1) is 17.2. The highest BCUT2D eigenvalue weighted by molar-refractivity contribution is 9.25. The molecule has 22 heavy (non-hydrogen) atoms. The van der Waals surface area contributed by atoms with Crippen LogP contribution in [0.15, 0.2) is 39.3 Å². The lowest BCUT2D eigenvalue weighted by Gasteiger charge is -2.21. The molecule has 0 saturated carbocycles. The van der Waals surface area contributed by atoms with Gasteiger partial charge in [-0.1, -0.05) is 95.6 Å². The van der Waals surface area contributed by atoms with Crippen molar-refractivity contribution in [1.29, 1.82) is 0 Å². The van der Waals surface area contributed by atoms with E-state index >= 15 is 0 Å². The number of unbranched alkanes of at least 4 members (excludes halogenated alkanes) is 2. The molecule has 3 rings (SSSR count). The van der Waals surface area contributed by atoms with Gasteiger partial charge in [0.1, 0.15) is 3.23 Å². The molecule has 0 nitrogen and oxygen atoms in total.